The molecule has 0 fully saturated rings. The van der Waals surface area contributed by atoms with Gasteiger partial charge in [0.05, 0.1) is 13.7 Å². The van der Waals surface area contributed by atoms with E-state index in [0.29, 0.717) is 31.3 Å². The van der Waals surface area contributed by atoms with Gasteiger partial charge in [-0.15, -0.1) is 0 Å². The molecule has 1 amide bonds. The molecule has 0 aliphatic carbocycles. The van der Waals surface area contributed by atoms with E-state index in [9.17, 15) is 4.79 Å². The third kappa shape index (κ3) is 3.28. The van der Waals surface area contributed by atoms with E-state index >= 15 is 0 Å². The van der Waals surface area contributed by atoms with Crippen LogP contribution in [0.5, 0.6) is 11.6 Å². The zero-order valence-corrected chi connectivity index (χ0v) is 13.4. The van der Waals surface area contributed by atoms with Gasteiger partial charge in [-0.1, -0.05) is 18.2 Å². The molecule has 5 heteroatoms. The maximum atomic E-state index is 12.7. The molecule has 23 heavy (non-hydrogen) atoms. The van der Waals surface area contributed by atoms with Crippen molar-refractivity contribution in [1.29, 1.82) is 0 Å². The first kappa shape index (κ1) is 15.3. The number of nitrogens with zero attached hydrogens (tertiary/aromatic N) is 2. The molecule has 2 heterocycles. The predicted molar refractivity (Wildman–Crippen MR) is 86.8 cm³/mol. The summed E-state index contributed by atoms with van der Waals surface area (Å²) in [4.78, 5) is 18.9. The van der Waals surface area contributed by atoms with Crippen LogP contribution < -0.4 is 9.47 Å². The summed E-state index contributed by atoms with van der Waals surface area (Å²) in [6.07, 6.45) is 0.816. The quantitative estimate of drug-likeness (QED) is 0.852. The topological polar surface area (TPSA) is 51.7 Å². The Bertz CT molecular complexity index is 698. The summed E-state index contributed by atoms with van der Waals surface area (Å²) in [6, 6.07) is 11.5. The predicted octanol–water partition coefficient (Wildman–Crippen LogP) is 2.69. The summed E-state index contributed by atoms with van der Waals surface area (Å²) < 4.78 is 10.6. The van der Waals surface area contributed by atoms with E-state index in [-0.39, 0.29) is 5.91 Å². The van der Waals surface area contributed by atoms with Crippen molar-refractivity contribution in [2.45, 2.75) is 19.9 Å². The van der Waals surface area contributed by atoms with Gasteiger partial charge >= 0.3 is 0 Å². The van der Waals surface area contributed by atoms with Crippen LogP contribution in [0.4, 0.5) is 0 Å². The Balaban J connectivity index is 1.77. The van der Waals surface area contributed by atoms with Crippen LogP contribution in [0, 0.1) is 0 Å². The Hall–Kier alpha value is -2.56. The number of hydrogen-bond acceptors (Lipinski definition) is 4. The second-order valence-electron chi connectivity index (χ2n) is 5.42. The highest BCUT2D eigenvalue weighted by molar-refractivity contribution is 5.95. The second-order valence-corrected chi connectivity index (χ2v) is 5.42. The van der Waals surface area contributed by atoms with Crippen LogP contribution in [0.3, 0.4) is 0 Å². The molecular formula is C18H20N2O3. The lowest BCUT2D eigenvalue weighted by molar-refractivity contribution is 0.0718. The highest BCUT2D eigenvalue weighted by Crippen LogP contribution is 2.22. The minimum Gasteiger partial charge on any atom is -0.497 e. The van der Waals surface area contributed by atoms with Crippen molar-refractivity contribution in [2.75, 3.05) is 20.3 Å². The summed E-state index contributed by atoms with van der Waals surface area (Å²) >= 11 is 0. The van der Waals surface area contributed by atoms with Crippen LogP contribution in [0.2, 0.25) is 0 Å². The lowest BCUT2D eigenvalue weighted by Crippen LogP contribution is -2.37. The number of fused-ring (bicyclic) bond motifs is 1. The molecule has 1 aromatic carbocycles. The zero-order chi connectivity index (χ0) is 16.2. The summed E-state index contributed by atoms with van der Waals surface area (Å²) in [7, 11) is 1.64. The molecule has 0 spiro atoms. The number of rotatable bonds is 5. The molecule has 0 saturated carbocycles. The van der Waals surface area contributed by atoms with E-state index in [2.05, 4.69) is 4.98 Å². The van der Waals surface area contributed by atoms with E-state index in [4.69, 9.17) is 9.47 Å². The van der Waals surface area contributed by atoms with Crippen molar-refractivity contribution in [3.05, 3.63) is 53.2 Å². The number of methoxy groups -OCH3 is 1. The molecule has 5 nitrogen and oxygen atoms in total. The van der Waals surface area contributed by atoms with Crippen LogP contribution >= 0.6 is 0 Å². The van der Waals surface area contributed by atoms with Crippen LogP contribution in [-0.2, 0) is 13.0 Å². The molecule has 0 N–H and O–H groups in total. The number of ether oxygens (including phenoxy) is 2. The van der Waals surface area contributed by atoms with E-state index in [1.807, 2.05) is 48.2 Å². The third-order valence-corrected chi connectivity index (χ3v) is 3.92. The van der Waals surface area contributed by atoms with E-state index in [1.54, 1.807) is 7.11 Å². The molecule has 0 atom stereocenters. The average Bonchev–Trinajstić information content (AvgIpc) is 2.59. The summed E-state index contributed by atoms with van der Waals surface area (Å²) in [6.45, 7) is 3.71. The largest absolute Gasteiger partial charge is 0.497 e. The molecule has 2 aromatic rings. The van der Waals surface area contributed by atoms with Crippen molar-refractivity contribution >= 4 is 5.91 Å². The zero-order valence-electron chi connectivity index (χ0n) is 13.4. The number of aromatic nitrogens is 1. The number of benzene rings is 1. The first-order chi connectivity index (χ1) is 11.2. The molecule has 1 aromatic heterocycles. The number of pyridine rings is 1. The maximum Gasteiger partial charge on any atom is 0.273 e. The summed E-state index contributed by atoms with van der Waals surface area (Å²) in [5, 5.41) is 0. The average molecular weight is 312 g/mol. The summed E-state index contributed by atoms with van der Waals surface area (Å²) in [5.74, 6) is 1.28. The van der Waals surface area contributed by atoms with Gasteiger partial charge in [0.25, 0.3) is 5.91 Å². The lowest BCUT2D eigenvalue weighted by atomic mass is 10.0. The first-order valence-electron chi connectivity index (χ1n) is 7.76. The second kappa shape index (κ2) is 6.69. The van der Waals surface area contributed by atoms with Crippen molar-refractivity contribution in [2.24, 2.45) is 0 Å². The number of carbonyl (C=O) groups excluding carboxylic acids is 1. The molecular weight excluding hydrogens is 292 g/mol. The van der Waals surface area contributed by atoms with Crippen molar-refractivity contribution < 1.29 is 14.3 Å². The lowest BCUT2D eigenvalue weighted by Gasteiger charge is -2.28. The van der Waals surface area contributed by atoms with Gasteiger partial charge in [-0.25, -0.2) is 4.98 Å². The fourth-order valence-electron chi connectivity index (χ4n) is 2.69. The van der Waals surface area contributed by atoms with Crippen molar-refractivity contribution in [1.82, 2.24) is 9.88 Å². The Kier molecular flexibility index (Phi) is 4.46. The minimum atomic E-state index is -0.0383. The molecule has 0 bridgehead atoms. The van der Waals surface area contributed by atoms with Gasteiger partial charge in [-0.3, -0.25) is 4.79 Å². The van der Waals surface area contributed by atoms with Crippen LogP contribution in [0.15, 0.2) is 36.4 Å². The maximum absolute atomic E-state index is 12.7. The van der Waals surface area contributed by atoms with E-state index in [1.165, 1.54) is 0 Å². The van der Waals surface area contributed by atoms with Crippen molar-refractivity contribution in [3.63, 3.8) is 0 Å². The summed E-state index contributed by atoms with van der Waals surface area (Å²) in [5.41, 5.74) is 2.57. The van der Waals surface area contributed by atoms with Gasteiger partial charge in [0.2, 0.25) is 5.88 Å². The SMILES string of the molecule is CCOc1ccc2c(n1)C(=O)N(Cc1ccc(OC)cc1)CC2. The molecule has 3 rings (SSSR count). The Morgan fingerprint density at radius 3 is 2.65 bits per heavy atom. The van der Waals surface area contributed by atoms with E-state index < -0.39 is 0 Å². The third-order valence-electron chi connectivity index (χ3n) is 3.92. The molecule has 0 radical (unpaired) electrons. The fraction of sp³-hybridized carbons (Fsp3) is 0.333. The molecule has 1 aliphatic rings. The van der Waals surface area contributed by atoms with Crippen molar-refractivity contribution in [3.8, 4) is 11.6 Å². The van der Waals surface area contributed by atoms with Gasteiger partial charge in [-0.2, -0.15) is 0 Å². The molecule has 120 valence electrons. The van der Waals surface area contributed by atoms with Gasteiger partial charge in [-0.05, 0) is 36.6 Å². The van der Waals surface area contributed by atoms with E-state index in [0.717, 1.165) is 23.3 Å². The van der Waals surface area contributed by atoms with Crippen LogP contribution in [0.1, 0.15) is 28.5 Å². The number of amides is 1. The fourth-order valence-corrected chi connectivity index (χ4v) is 2.69. The number of carbonyl (C=O) groups is 1. The Labute approximate surface area is 135 Å². The Morgan fingerprint density at radius 1 is 1.17 bits per heavy atom. The number of hydrogen-bond donors (Lipinski definition) is 0. The molecule has 0 saturated heterocycles. The van der Waals surface area contributed by atoms with Gasteiger partial charge < -0.3 is 14.4 Å². The molecule has 1 aliphatic heterocycles. The van der Waals surface area contributed by atoms with Crippen LogP contribution in [-0.4, -0.2) is 36.1 Å². The molecule has 0 unspecified atom stereocenters. The van der Waals surface area contributed by atoms with Gasteiger partial charge in [0.15, 0.2) is 0 Å². The highest BCUT2D eigenvalue weighted by Gasteiger charge is 2.26. The van der Waals surface area contributed by atoms with Gasteiger partial charge in [0, 0.05) is 19.2 Å². The normalized spacial score (nSPS) is 13.7. The Morgan fingerprint density at radius 2 is 1.96 bits per heavy atom. The van der Waals surface area contributed by atoms with Crippen LogP contribution in [0.25, 0.3) is 0 Å². The first-order valence-corrected chi connectivity index (χ1v) is 7.76. The smallest absolute Gasteiger partial charge is 0.273 e. The minimum absolute atomic E-state index is 0.0383. The monoisotopic (exact) mass is 312 g/mol. The standard InChI is InChI=1S/C18H20N2O3/c1-3-23-16-9-6-14-10-11-20(18(21)17(14)19-16)12-13-4-7-15(22-2)8-5-13/h4-9H,3,10-12H2,1-2H3. The van der Waals surface area contributed by atoms with Gasteiger partial charge in [0.1, 0.15) is 11.4 Å². The highest BCUT2D eigenvalue weighted by atomic mass is 16.5.